The van der Waals surface area contributed by atoms with Crippen molar-refractivity contribution >= 4 is 56.2 Å². The lowest BCUT2D eigenvalue weighted by molar-refractivity contribution is -0.144. The van der Waals surface area contributed by atoms with Gasteiger partial charge in [-0.1, -0.05) is 35.9 Å². The molecule has 0 fully saturated rings. The number of rotatable bonds is 11. The van der Waals surface area contributed by atoms with Gasteiger partial charge in [0.1, 0.15) is 12.6 Å². The van der Waals surface area contributed by atoms with E-state index in [1.54, 1.807) is 12.1 Å². The van der Waals surface area contributed by atoms with Crippen LogP contribution in [0.5, 0.6) is 0 Å². The summed E-state index contributed by atoms with van der Waals surface area (Å²) >= 11 is 9.42. The molecule has 0 bridgehead atoms. The molecule has 1 aliphatic heterocycles. The number of halogens is 2. The summed E-state index contributed by atoms with van der Waals surface area (Å²) in [5, 5.41) is 13.4. The van der Waals surface area contributed by atoms with Gasteiger partial charge < -0.3 is 25.8 Å². The summed E-state index contributed by atoms with van der Waals surface area (Å²) < 4.78 is 7.11. The highest BCUT2D eigenvalue weighted by molar-refractivity contribution is 9.10. The third-order valence-electron chi connectivity index (χ3n) is 7.54. The highest BCUT2D eigenvalue weighted by Crippen LogP contribution is 2.27. The number of esters is 1. The Labute approximate surface area is 272 Å². The summed E-state index contributed by atoms with van der Waals surface area (Å²) in [4.78, 5) is 56.3. The van der Waals surface area contributed by atoms with E-state index < -0.39 is 29.6 Å². The van der Waals surface area contributed by atoms with Crippen LogP contribution in [0, 0.1) is 0 Å². The molecule has 4 N–H and O–H groups in total. The number of hydrogen-bond donors (Lipinski definition) is 3. The minimum atomic E-state index is -1.13. The van der Waals surface area contributed by atoms with Gasteiger partial charge in [-0.3, -0.25) is 23.7 Å². The van der Waals surface area contributed by atoms with Crippen LogP contribution in [0.3, 0.4) is 0 Å². The number of ether oxygens (including phenoxy) is 1. The zero-order valence-corrected chi connectivity index (χ0v) is 26.7. The van der Waals surface area contributed by atoms with Crippen molar-refractivity contribution < 1.29 is 24.2 Å². The van der Waals surface area contributed by atoms with Gasteiger partial charge in [-0.15, -0.1) is 0 Å². The fourth-order valence-electron chi connectivity index (χ4n) is 5.06. The number of amides is 2. The molecule has 234 valence electrons. The predicted octanol–water partition coefficient (Wildman–Crippen LogP) is 3.39. The SMILES string of the molecule is C[C@@H](O)[C@H](N)C(=O)N(CCCOC(=O)Cn1cnc2cc(Br)c(Cl)cc2c1=O)Cc1cccc(-c2ccc3c(c2)CNC3=O)c1. The molecule has 45 heavy (non-hydrogen) atoms. The van der Waals surface area contributed by atoms with Crippen molar-refractivity contribution in [2.75, 3.05) is 13.2 Å². The maximum absolute atomic E-state index is 13.2. The van der Waals surface area contributed by atoms with E-state index in [1.807, 2.05) is 36.4 Å². The molecule has 1 aliphatic rings. The van der Waals surface area contributed by atoms with Crippen molar-refractivity contribution in [1.29, 1.82) is 0 Å². The number of benzene rings is 3. The molecule has 0 unspecified atom stereocenters. The third-order valence-corrected chi connectivity index (χ3v) is 8.74. The molecule has 3 aromatic carbocycles. The van der Waals surface area contributed by atoms with E-state index in [4.69, 9.17) is 22.1 Å². The van der Waals surface area contributed by atoms with Crippen molar-refractivity contribution in [2.45, 2.75) is 45.1 Å². The fraction of sp³-hybridized carbons (Fsp3) is 0.281. The molecule has 0 aliphatic carbocycles. The molecule has 0 saturated carbocycles. The average molecular weight is 697 g/mol. The molecule has 0 spiro atoms. The number of carbonyl (C=O) groups is 3. The Morgan fingerprint density at radius 1 is 1.18 bits per heavy atom. The molecule has 2 heterocycles. The van der Waals surface area contributed by atoms with Crippen molar-refractivity contribution in [3.63, 3.8) is 0 Å². The summed E-state index contributed by atoms with van der Waals surface area (Å²) in [6.45, 7) is 1.99. The third kappa shape index (κ3) is 7.42. The van der Waals surface area contributed by atoms with Crippen LogP contribution in [0.4, 0.5) is 0 Å². The van der Waals surface area contributed by atoms with Gasteiger partial charge in [0.15, 0.2) is 0 Å². The molecule has 0 saturated heterocycles. The van der Waals surface area contributed by atoms with Crippen LogP contribution in [-0.4, -0.2) is 62.6 Å². The van der Waals surface area contributed by atoms with E-state index in [-0.39, 0.29) is 37.5 Å². The maximum atomic E-state index is 13.2. The highest BCUT2D eigenvalue weighted by Gasteiger charge is 2.25. The van der Waals surface area contributed by atoms with Gasteiger partial charge >= 0.3 is 5.97 Å². The Morgan fingerprint density at radius 3 is 2.73 bits per heavy atom. The number of aromatic nitrogens is 2. The second-order valence-corrected chi connectivity index (χ2v) is 12.1. The molecule has 2 atom stereocenters. The molecule has 4 aromatic rings. The van der Waals surface area contributed by atoms with E-state index in [9.17, 15) is 24.3 Å². The van der Waals surface area contributed by atoms with Crippen molar-refractivity contribution in [2.24, 2.45) is 5.73 Å². The normalized spacial score (nSPS) is 13.7. The van der Waals surface area contributed by atoms with Gasteiger partial charge in [0.05, 0.1) is 35.0 Å². The predicted molar refractivity (Wildman–Crippen MR) is 172 cm³/mol. The smallest absolute Gasteiger partial charge is 0.326 e. The van der Waals surface area contributed by atoms with Crippen LogP contribution in [0.1, 0.15) is 34.8 Å². The first-order chi connectivity index (χ1) is 21.5. The molecule has 5 rings (SSSR count). The summed E-state index contributed by atoms with van der Waals surface area (Å²) in [7, 11) is 0. The van der Waals surface area contributed by atoms with Gasteiger partial charge in [0.25, 0.3) is 11.5 Å². The summed E-state index contributed by atoms with van der Waals surface area (Å²) in [5.41, 5.74) is 10.3. The monoisotopic (exact) mass is 695 g/mol. The minimum absolute atomic E-state index is 0.0109. The molecular weight excluding hydrogens is 666 g/mol. The minimum Gasteiger partial charge on any atom is -0.464 e. The van der Waals surface area contributed by atoms with E-state index in [0.29, 0.717) is 33.5 Å². The zero-order valence-electron chi connectivity index (χ0n) is 24.3. The second kappa shape index (κ2) is 13.9. The topological polar surface area (TPSA) is 157 Å². The second-order valence-electron chi connectivity index (χ2n) is 10.8. The Bertz CT molecular complexity index is 1850. The van der Waals surface area contributed by atoms with E-state index in [2.05, 4.69) is 26.2 Å². The molecule has 2 amide bonds. The maximum Gasteiger partial charge on any atom is 0.326 e. The quantitative estimate of drug-likeness (QED) is 0.159. The number of aliphatic hydroxyl groups is 1. The Kier molecular flexibility index (Phi) is 9.98. The first-order valence-corrected chi connectivity index (χ1v) is 15.4. The standard InChI is InChI=1S/C32H31BrClN5O6/c1-18(40)29(35)32(44)38(15-19-4-2-5-20(10-19)21-6-7-23-22(11-21)14-36-30(23)42)8-3-9-45-28(41)16-39-17-37-27-13-25(33)26(34)12-24(27)31(39)43/h2,4-7,10-13,17-18,29,40H,3,8-9,14-16,35H2,1H3,(H,36,42)/t18-,29+/m1/s1. The Balaban J connectivity index is 1.22. The van der Waals surface area contributed by atoms with Crippen molar-refractivity contribution in [3.8, 4) is 11.1 Å². The number of nitrogens with zero attached hydrogens (tertiary/aromatic N) is 3. The van der Waals surface area contributed by atoms with Crippen LogP contribution in [0.2, 0.25) is 5.02 Å². The fourth-order valence-corrected chi connectivity index (χ4v) is 5.55. The van der Waals surface area contributed by atoms with Crippen LogP contribution < -0.4 is 16.6 Å². The number of nitrogens with one attached hydrogen (secondary N) is 1. The molecule has 11 nitrogen and oxygen atoms in total. The highest BCUT2D eigenvalue weighted by atomic mass is 79.9. The van der Waals surface area contributed by atoms with Crippen LogP contribution in [0.25, 0.3) is 22.0 Å². The molecule has 1 aromatic heterocycles. The number of nitrogens with two attached hydrogens (primary N) is 1. The largest absolute Gasteiger partial charge is 0.464 e. The number of fused-ring (bicyclic) bond motifs is 2. The average Bonchev–Trinajstić information content (AvgIpc) is 3.40. The molecular formula is C32H31BrClN5O6. The first-order valence-electron chi connectivity index (χ1n) is 14.2. The van der Waals surface area contributed by atoms with Crippen LogP contribution in [0.15, 0.2) is 70.2 Å². The number of aliphatic hydroxyl groups excluding tert-OH is 1. The van der Waals surface area contributed by atoms with E-state index in [0.717, 1.165) is 26.8 Å². The van der Waals surface area contributed by atoms with Gasteiger partial charge in [-0.2, -0.15) is 0 Å². The first kappa shape index (κ1) is 32.3. The lowest BCUT2D eigenvalue weighted by Crippen LogP contribution is -2.49. The number of carbonyl (C=O) groups excluding carboxylic acids is 3. The van der Waals surface area contributed by atoms with Gasteiger partial charge in [-0.05, 0) is 81.9 Å². The van der Waals surface area contributed by atoms with Crippen LogP contribution >= 0.6 is 27.5 Å². The van der Waals surface area contributed by atoms with Crippen molar-refractivity contribution in [3.05, 3.63) is 97.5 Å². The summed E-state index contributed by atoms with van der Waals surface area (Å²) in [6.07, 6.45) is 0.512. The number of hydrogen-bond acceptors (Lipinski definition) is 8. The lowest BCUT2D eigenvalue weighted by atomic mass is 9.98. The van der Waals surface area contributed by atoms with Gasteiger partial charge in [0.2, 0.25) is 5.91 Å². The Hall–Kier alpha value is -4.10. The van der Waals surface area contributed by atoms with Gasteiger partial charge in [-0.25, -0.2) is 4.98 Å². The summed E-state index contributed by atoms with van der Waals surface area (Å²) in [5.74, 6) is -1.17. The van der Waals surface area contributed by atoms with E-state index in [1.165, 1.54) is 24.2 Å². The van der Waals surface area contributed by atoms with Crippen LogP contribution in [-0.2, 0) is 34.0 Å². The molecule has 13 heteroatoms. The lowest BCUT2D eigenvalue weighted by Gasteiger charge is -2.27. The van der Waals surface area contributed by atoms with Crippen molar-refractivity contribution in [1.82, 2.24) is 19.8 Å². The molecule has 0 radical (unpaired) electrons. The Morgan fingerprint density at radius 2 is 1.96 bits per heavy atom. The van der Waals surface area contributed by atoms with Gasteiger partial charge in [0, 0.05) is 29.7 Å². The van der Waals surface area contributed by atoms with E-state index >= 15 is 0 Å². The zero-order chi connectivity index (χ0) is 32.2. The summed E-state index contributed by atoms with van der Waals surface area (Å²) in [6, 6.07) is 15.3.